The van der Waals surface area contributed by atoms with Crippen LogP contribution in [0.15, 0.2) is 18.2 Å². The number of hydrogen-bond acceptors (Lipinski definition) is 3. The van der Waals surface area contributed by atoms with Gasteiger partial charge in [-0.1, -0.05) is 6.07 Å². The van der Waals surface area contributed by atoms with Crippen molar-refractivity contribution in [2.24, 2.45) is 0 Å². The number of rotatable bonds is 5. The van der Waals surface area contributed by atoms with Crippen molar-refractivity contribution in [1.82, 2.24) is 5.32 Å². The Morgan fingerprint density at radius 1 is 1.50 bits per heavy atom. The van der Waals surface area contributed by atoms with Crippen molar-refractivity contribution in [1.29, 1.82) is 0 Å². The van der Waals surface area contributed by atoms with Crippen LogP contribution in [0.2, 0.25) is 0 Å². The van der Waals surface area contributed by atoms with Gasteiger partial charge in [0.2, 0.25) is 0 Å². The molecule has 2 unspecified atom stereocenters. The van der Waals surface area contributed by atoms with E-state index in [1.807, 2.05) is 19.9 Å². The second-order valence-corrected chi connectivity index (χ2v) is 6.07. The summed E-state index contributed by atoms with van der Waals surface area (Å²) in [4.78, 5) is 11.9. The third kappa shape index (κ3) is 4.49. The van der Waals surface area contributed by atoms with Gasteiger partial charge in [-0.3, -0.25) is 9.00 Å². The van der Waals surface area contributed by atoms with Gasteiger partial charge in [0, 0.05) is 40.1 Å². The molecule has 0 saturated heterocycles. The van der Waals surface area contributed by atoms with Crippen LogP contribution in [0.25, 0.3) is 0 Å². The predicted molar refractivity (Wildman–Crippen MR) is 76.1 cm³/mol. The van der Waals surface area contributed by atoms with Crippen LogP contribution >= 0.6 is 0 Å². The minimum atomic E-state index is -0.824. The van der Waals surface area contributed by atoms with E-state index in [1.165, 1.54) is 0 Å². The number of benzene rings is 1. The van der Waals surface area contributed by atoms with E-state index in [0.717, 1.165) is 5.56 Å². The van der Waals surface area contributed by atoms with Crippen LogP contribution in [-0.4, -0.2) is 28.2 Å². The summed E-state index contributed by atoms with van der Waals surface area (Å²) in [7, 11) is -0.824. The lowest BCUT2D eigenvalue weighted by Gasteiger charge is -2.13. The zero-order chi connectivity index (χ0) is 13.7. The molecule has 0 aliphatic heterocycles. The summed E-state index contributed by atoms with van der Waals surface area (Å²) >= 11 is 0. The fraction of sp³-hybridized carbons (Fsp3) is 0.462. The van der Waals surface area contributed by atoms with Gasteiger partial charge < -0.3 is 11.1 Å². The van der Waals surface area contributed by atoms with Gasteiger partial charge in [-0.25, -0.2) is 0 Å². The Bertz CT molecular complexity index is 460. The molecular formula is C13H20N2O2S. The number of carbonyl (C=O) groups excluding carboxylic acids is 1. The summed E-state index contributed by atoms with van der Waals surface area (Å²) in [6.45, 7) is 3.80. The summed E-state index contributed by atoms with van der Waals surface area (Å²) in [6, 6.07) is 5.26. The van der Waals surface area contributed by atoms with E-state index in [9.17, 15) is 9.00 Å². The zero-order valence-corrected chi connectivity index (χ0v) is 11.8. The molecule has 0 fully saturated rings. The molecule has 5 heteroatoms. The molecule has 18 heavy (non-hydrogen) atoms. The van der Waals surface area contributed by atoms with Gasteiger partial charge >= 0.3 is 0 Å². The highest BCUT2D eigenvalue weighted by atomic mass is 32.2. The zero-order valence-electron chi connectivity index (χ0n) is 11.0. The largest absolute Gasteiger partial charge is 0.398 e. The van der Waals surface area contributed by atoms with Crippen LogP contribution in [0.5, 0.6) is 0 Å². The van der Waals surface area contributed by atoms with Crippen LogP contribution in [-0.2, 0) is 10.8 Å². The van der Waals surface area contributed by atoms with Crippen molar-refractivity contribution in [3.8, 4) is 0 Å². The molecule has 4 nitrogen and oxygen atoms in total. The van der Waals surface area contributed by atoms with Gasteiger partial charge in [0.15, 0.2) is 0 Å². The van der Waals surface area contributed by atoms with E-state index in [2.05, 4.69) is 5.32 Å². The van der Waals surface area contributed by atoms with E-state index >= 15 is 0 Å². The summed E-state index contributed by atoms with van der Waals surface area (Å²) in [5.74, 6) is 0.452. The van der Waals surface area contributed by atoms with Gasteiger partial charge in [0.05, 0.1) is 0 Å². The highest BCUT2D eigenvalue weighted by molar-refractivity contribution is 7.84. The standard InChI is InChI=1S/C13H20N2O2S/c1-9-4-5-11(8-12(9)14)13(16)15-10(2)6-7-18(3)17/h4-5,8,10H,6-7,14H2,1-3H3,(H,15,16). The van der Waals surface area contributed by atoms with Crippen LogP contribution in [0.1, 0.15) is 29.3 Å². The quantitative estimate of drug-likeness (QED) is 0.794. The molecule has 1 aromatic carbocycles. The summed E-state index contributed by atoms with van der Waals surface area (Å²) in [5, 5.41) is 2.87. The highest BCUT2D eigenvalue weighted by Crippen LogP contribution is 2.13. The van der Waals surface area contributed by atoms with E-state index in [4.69, 9.17) is 5.73 Å². The molecule has 0 heterocycles. The number of aryl methyl sites for hydroxylation is 1. The minimum absolute atomic E-state index is 0.00364. The molecular weight excluding hydrogens is 248 g/mol. The Balaban J connectivity index is 2.59. The van der Waals surface area contributed by atoms with Gasteiger partial charge in [0.25, 0.3) is 5.91 Å². The number of hydrogen-bond donors (Lipinski definition) is 2. The normalized spacial score (nSPS) is 13.9. The van der Waals surface area contributed by atoms with Crippen LogP contribution in [0.3, 0.4) is 0 Å². The lowest BCUT2D eigenvalue weighted by molar-refractivity contribution is 0.0939. The number of anilines is 1. The Hall–Kier alpha value is -1.36. The number of carbonyl (C=O) groups is 1. The maximum Gasteiger partial charge on any atom is 0.251 e. The second-order valence-electron chi connectivity index (χ2n) is 4.51. The summed E-state index contributed by atoms with van der Waals surface area (Å²) in [6.07, 6.45) is 2.37. The van der Waals surface area contributed by atoms with E-state index in [0.29, 0.717) is 23.4 Å². The SMILES string of the molecule is Cc1ccc(C(=O)NC(C)CCS(C)=O)cc1N. The average Bonchev–Trinajstić information content (AvgIpc) is 2.30. The highest BCUT2D eigenvalue weighted by Gasteiger charge is 2.10. The fourth-order valence-electron chi connectivity index (χ4n) is 1.50. The Morgan fingerprint density at radius 2 is 2.17 bits per heavy atom. The van der Waals surface area contributed by atoms with Crippen LogP contribution in [0, 0.1) is 6.92 Å². The predicted octanol–water partition coefficient (Wildman–Crippen LogP) is 1.46. The molecule has 0 aromatic heterocycles. The first-order valence-corrected chi connectivity index (χ1v) is 7.60. The molecule has 1 rings (SSSR count). The van der Waals surface area contributed by atoms with Crippen LogP contribution in [0.4, 0.5) is 5.69 Å². The molecule has 2 atom stereocenters. The number of nitrogen functional groups attached to an aromatic ring is 1. The molecule has 0 radical (unpaired) electrons. The van der Waals surface area contributed by atoms with Crippen molar-refractivity contribution in [3.63, 3.8) is 0 Å². The van der Waals surface area contributed by atoms with Crippen LogP contribution < -0.4 is 11.1 Å². The number of amides is 1. The summed E-state index contributed by atoms with van der Waals surface area (Å²) < 4.78 is 11.0. The number of nitrogens with two attached hydrogens (primary N) is 1. The van der Waals surface area contributed by atoms with Crippen molar-refractivity contribution < 1.29 is 9.00 Å². The third-order valence-corrected chi connectivity index (χ3v) is 3.57. The van der Waals surface area contributed by atoms with Gasteiger partial charge in [0.1, 0.15) is 0 Å². The summed E-state index contributed by atoms with van der Waals surface area (Å²) in [5.41, 5.74) is 7.90. The molecule has 0 bridgehead atoms. The molecule has 0 spiro atoms. The fourth-order valence-corrected chi connectivity index (χ4v) is 2.19. The topological polar surface area (TPSA) is 72.2 Å². The molecule has 1 amide bonds. The Kier molecular flexibility index (Phi) is 5.34. The second kappa shape index (κ2) is 6.54. The van der Waals surface area contributed by atoms with Gasteiger partial charge in [-0.05, 0) is 38.0 Å². The van der Waals surface area contributed by atoms with Gasteiger partial charge in [-0.2, -0.15) is 0 Å². The lowest BCUT2D eigenvalue weighted by atomic mass is 10.1. The monoisotopic (exact) mass is 268 g/mol. The first-order chi connectivity index (χ1) is 8.40. The first-order valence-electron chi connectivity index (χ1n) is 5.87. The van der Waals surface area contributed by atoms with E-state index in [-0.39, 0.29) is 11.9 Å². The van der Waals surface area contributed by atoms with Gasteiger partial charge in [-0.15, -0.1) is 0 Å². The number of nitrogens with one attached hydrogen (secondary N) is 1. The molecule has 3 N–H and O–H groups in total. The van der Waals surface area contributed by atoms with Crippen molar-refractivity contribution >= 4 is 22.4 Å². The molecule has 0 saturated carbocycles. The van der Waals surface area contributed by atoms with Crippen molar-refractivity contribution in [2.75, 3.05) is 17.7 Å². The Morgan fingerprint density at radius 3 is 2.72 bits per heavy atom. The lowest BCUT2D eigenvalue weighted by Crippen LogP contribution is -2.33. The first kappa shape index (κ1) is 14.7. The Labute approximate surface area is 110 Å². The molecule has 1 aromatic rings. The van der Waals surface area contributed by atoms with E-state index in [1.54, 1.807) is 18.4 Å². The maximum atomic E-state index is 11.9. The molecule has 0 aliphatic rings. The smallest absolute Gasteiger partial charge is 0.251 e. The minimum Gasteiger partial charge on any atom is -0.398 e. The average molecular weight is 268 g/mol. The third-order valence-electron chi connectivity index (χ3n) is 2.76. The van der Waals surface area contributed by atoms with Crippen molar-refractivity contribution in [3.05, 3.63) is 29.3 Å². The van der Waals surface area contributed by atoms with Crippen molar-refractivity contribution in [2.45, 2.75) is 26.3 Å². The molecule has 100 valence electrons. The molecule has 0 aliphatic carbocycles. The van der Waals surface area contributed by atoms with E-state index < -0.39 is 10.8 Å². The maximum absolute atomic E-state index is 11.9.